The number of aryl methyl sites for hydroxylation is 1. The summed E-state index contributed by atoms with van der Waals surface area (Å²) in [5.74, 6) is 0.844. The fourth-order valence-corrected chi connectivity index (χ4v) is 3.71. The molecular weight excluding hydrogens is 284 g/mol. The first kappa shape index (κ1) is 16.2. The molecule has 21 heavy (non-hydrogen) atoms. The standard InChI is InChI=1S/C17H24N2O.ClH/c18-14-8-9-15-13(11-14)6-3-7-16(15)19-17(20)10-12-4-1-2-5-12;/h8-9,11-12,16H,1-7,10,18H2,(H,19,20);1H. The SMILES string of the molecule is Cl.Nc1ccc2c(c1)CCCC2NC(=O)CC1CCCC1. The van der Waals surface area contributed by atoms with E-state index >= 15 is 0 Å². The Balaban J connectivity index is 0.00000161. The Labute approximate surface area is 133 Å². The smallest absolute Gasteiger partial charge is 0.220 e. The lowest BCUT2D eigenvalue weighted by Gasteiger charge is -2.27. The molecule has 0 bridgehead atoms. The van der Waals surface area contributed by atoms with Crippen molar-refractivity contribution in [2.75, 3.05) is 5.73 Å². The minimum absolute atomic E-state index is 0. The Kier molecular flexibility index (Phi) is 5.51. The second-order valence-corrected chi connectivity index (χ2v) is 6.33. The van der Waals surface area contributed by atoms with E-state index in [1.165, 1.54) is 36.8 Å². The van der Waals surface area contributed by atoms with Crippen LogP contribution in [-0.2, 0) is 11.2 Å². The third-order valence-electron chi connectivity index (χ3n) is 4.77. The number of anilines is 1. The molecule has 1 aromatic carbocycles. The van der Waals surface area contributed by atoms with Gasteiger partial charge in [0.25, 0.3) is 0 Å². The molecule has 4 heteroatoms. The molecule has 1 unspecified atom stereocenters. The molecule has 0 aliphatic heterocycles. The van der Waals surface area contributed by atoms with Crippen LogP contribution in [0.1, 0.15) is 62.1 Å². The summed E-state index contributed by atoms with van der Waals surface area (Å²) in [6, 6.07) is 6.28. The first-order chi connectivity index (χ1) is 9.72. The van der Waals surface area contributed by atoms with E-state index in [0.29, 0.717) is 12.3 Å². The Bertz CT molecular complexity index is 498. The van der Waals surface area contributed by atoms with Crippen molar-refractivity contribution in [2.24, 2.45) is 5.92 Å². The summed E-state index contributed by atoms with van der Waals surface area (Å²) >= 11 is 0. The van der Waals surface area contributed by atoms with Crippen molar-refractivity contribution in [3.63, 3.8) is 0 Å². The number of halogens is 1. The van der Waals surface area contributed by atoms with E-state index in [1.807, 2.05) is 6.07 Å². The van der Waals surface area contributed by atoms with E-state index in [4.69, 9.17) is 5.73 Å². The quantitative estimate of drug-likeness (QED) is 0.835. The summed E-state index contributed by atoms with van der Waals surface area (Å²) in [6.07, 6.45) is 9.01. The molecule has 1 aromatic rings. The molecule has 1 amide bonds. The molecule has 0 saturated heterocycles. The minimum atomic E-state index is 0. The molecule has 2 aliphatic carbocycles. The lowest BCUT2D eigenvalue weighted by atomic mass is 9.87. The van der Waals surface area contributed by atoms with Crippen LogP contribution in [0.25, 0.3) is 0 Å². The minimum Gasteiger partial charge on any atom is -0.399 e. The van der Waals surface area contributed by atoms with E-state index in [-0.39, 0.29) is 24.4 Å². The van der Waals surface area contributed by atoms with Gasteiger partial charge in [0.1, 0.15) is 0 Å². The first-order valence-corrected chi connectivity index (χ1v) is 7.90. The molecule has 3 N–H and O–H groups in total. The molecule has 3 nitrogen and oxygen atoms in total. The van der Waals surface area contributed by atoms with E-state index in [0.717, 1.165) is 24.9 Å². The number of hydrogen-bond donors (Lipinski definition) is 2. The zero-order valence-electron chi connectivity index (χ0n) is 12.4. The summed E-state index contributed by atoms with van der Waals surface area (Å²) in [6.45, 7) is 0. The molecule has 116 valence electrons. The number of carbonyl (C=O) groups is 1. The predicted octanol–water partition coefficient (Wildman–Crippen LogP) is 3.76. The van der Waals surface area contributed by atoms with E-state index < -0.39 is 0 Å². The molecule has 0 aromatic heterocycles. The van der Waals surface area contributed by atoms with E-state index in [2.05, 4.69) is 17.4 Å². The Morgan fingerprint density at radius 1 is 1.19 bits per heavy atom. The number of fused-ring (bicyclic) bond motifs is 1. The van der Waals surface area contributed by atoms with Gasteiger partial charge in [-0.1, -0.05) is 18.9 Å². The van der Waals surface area contributed by atoms with Gasteiger partial charge >= 0.3 is 0 Å². The maximum absolute atomic E-state index is 12.2. The number of carbonyl (C=O) groups excluding carboxylic acids is 1. The van der Waals surface area contributed by atoms with Gasteiger partial charge < -0.3 is 11.1 Å². The highest BCUT2D eigenvalue weighted by atomic mass is 35.5. The van der Waals surface area contributed by atoms with Gasteiger partial charge in [0, 0.05) is 12.1 Å². The van der Waals surface area contributed by atoms with Crippen molar-refractivity contribution >= 4 is 24.0 Å². The van der Waals surface area contributed by atoms with Gasteiger partial charge in [-0.2, -0.15) is 0 Å². The number of nitrogens with two attached hydrogens (primary N) is 1. The molecule has 1 atom stereocenters. The van der Waals surface area contributed by atoms with Crippen LogP contribution in [0.4, 0.5) is 5.69 Å². The monoisotopic (exact) mass is 308 g/mol. The van der Waals surface area contributed by atoms with Gasteiger partial charge in [-0.3, -0.25) is 4.79 Å². The van der Waals surface area contributed by atoms with E-state index in [9.17, 15) is 4.79 Å². The molecule has 1 saturated carbocycles. The summed E-state index contributed by atoms with van der Waals surface area (Å²) < 4.78 is 0. The number of benzene rings is 1. The second-order valence-electron chi connectivity index (χ2n) is 6.33. The van der Waals surface area contributed by atoms with Gasteiger partial charge in [-0.25, -0.2) is 0 Å². The maximum atomic E-state index is 12.2. The van der Waals surface area contributed by atoms with Crippen LogP contribution in [0, 0.1) is 5.92 Å². The average Bonchev–Trinajstić information content (AvgIpc) is 2.91. The summed E-state index contributed by atoms with van der Waals surface area (Å²) in [5, 5.41) is 3.24. The molecule has 0 spiro atoms. The van der Waals surface area contributed by atoms with Gasteiger partial charge in [0.2, 0.25) is 5.91 Å². The van der Waals surface area contributed by atoms with Crippen molar-refractivity contribution in [2.45, 2.75) is 57.4 Å². The van der Waals surface area contributed by atoms with Crippen LogP contribution in [0.2, 0.25) is 0 Å². The summed E-state index contributed by atoms with van der Waals surface area (Å²) in [5.41, 5.74) is 9.25. The van der Waals surface area contributed by atoms with Crippen LogP contribution in [-0.4, -0.2) is 5.91 Å². The third kappa shape index (κ3) is 3.91. The highest BCUT2D eigenvalue weighted by molar-refractivity contribution is 5.85. The molecule has 3 rings (SSSR count). The number of rotatable bonds is 3. The molecule has 0 heterocycles. The number of nitrogen functional groups attached to an aromatic ring is 1. The van der Waals surface area contributed by atoms with Crippen molar-refractivity contribution in [1.29, 1.82) is 0 Å². The van der Waals surface area contributed by atoms with Crippen molar-refractivity contribution in [3.05, 3.63) is 29.3 Å². The fourth-order valence-electron chi connectivity index (χ4n) is 3.71. The maximum Gasteiger partial charge on any atom is 0.220 e. The normalized spacial score (nSPS) is 21.4. The molecule has 2 aliphatic rings. The number of amides is 1. The van der Waals surface area contributed by atoms with E-state index in [1.54, 1.807) is 0 Å². The highest BCUT2D eigenvalue weighted by Gasteiger charge is 2.24. The highest BCUT2D eigenvalue weighted by Crippen LogP contribution is 2.32. The average molecular weight is 309 g/mol. The Morgan fingerprint density at radius 3 is 2.71 bits per heavy atom. The first-order valence-electron chi connectivity index (χ1n) is 7.90. The second kappa shape index (κ2) is 7.17. The molecule has 1 fully saturated rings. The van der Waals surface area contributed by atoms with Gasteiger partial charge in [-0.15, -0.1) is 12.4 Å². The number of hydrogen-bond acceptors (Lipinski definition) is 2. The fraction of sp³-hybridized carbons (Fsp3) is 0.588. The Morgan fingerprint density at radius 2 is 1.95 bits per heavy atom. The predicted molar refractivity (Wildman–Crippen MR) is 88.5 cm³/mol. The van der Waals surface area contributed by atoms with Crippen molar-refractivity contribution < 1.29 is 4.79 Å². The lowest BCUT2D eigenvalue weighted by molar-refractivity contribution is -0.122. The van der Waals surface area contributed by atoms with Crippen LogP contribution >= 0.6 is 12.4 Å². The van der Waals surface area contributed by atoms with Gasteiger partial charge in [-0.05, 0) is 61.3 Å². The Hall–Kier alpha value is -1.22. The summed E-state index contributed by atoms with van der Waals surface area (Å²) in [4.78, 5) is 12.2. The van der Waals surface area contributed by atoms with Crippen LogP contribution in [0.5, 0.6) is 0 Å². The molecular formula is C17H25ClN2O. The van der Waals surface area contributed by atoms with Crippen molar-refractivity contribution in [3.8, 4) is 0 Å². The third-order valence-corrected chi connectivity index (χ3v) is 4.77. The van der Waals surface area contributed by atoms with Crippen LogP contribution in [0.15, 0.2) is 18.2 Å². The van der Waals surface area contributed by atoms with Gasteiger partial charge in [0.05, 0.1) is 6.04 Å². The van der Waals surface area contributed by atoms with Crippen LogP contribution in [0.3, 0.4) is 0 Å². The van der Waals surface area contributed by atoms with Crippen LogP contribution < -0.4 is 11.1 Å². The zero-order valence-corrected chi connectivity index (χ0v) is 13.3. The van der Waals surface area contributed by atoms with Gasteiger partial charge in [0.15, 0.2) is 0 Å². The largest absolute Gasteiger partial charge is 0.399 e. The zero-order chi connectivity index (χ0) is 13.9. The molecule has 0 radical (unpaired) electrons. The summed E-state index contributed by atoms with van der Waals surface area (Å²) in [7, 11) is 0. The number of nitrogens with one attached hydrogen (secondary N) is 1. The van der Waals surface area contributed by atoms with Crippen molar-refractivity contribution in [1.82, 2.24) is 5.32 Å². The topological polar surface area (TPSA) is 55.1 Å². The lowest BCUT2D eigenvalue weighted by Crippen LogP contribution is -2.31.